The first-order chi connectivity index (χ1) is 11.3. The highest BCUT2D eigenvalue weighted by molar-refractivity contribution is 5.89. The van der Waals surface area contributed by atoms with Crippen LogP contribution in [0.2, 0.25) is 0 Å². The van der Waals surface area contributed by atoms with E-state index in [9.17, 15) is 4.39 Å². The Morgan fingerprint density at radius 2 is 1.65 bits per heavy atom. The van der Waals surface area contributed by atoms with Crippen LogP contribution in [0, 0.1) is 5.82 Å². The first kappa shape index (κ1) is 13.5. The predicted octanol–water partition coefficient (Wildman–Crippen LogP) is 3.08. The molecule has 112 valence electrons. The molecule has 0 atom stereocenters. The average Bonchev–Trinajstić information content (AvgIpc) is 2.97. The Labute approximate surface area is 131 Å². The molecule has 1 aromatic carbocycles. The molecule has 0 radical (unpaired) electrons. The zero-order valence-electron chi connectivity index (χ0n) is 12.1. The SMILES string of the molecule is Fc1ccccc1Cn1nc(-c2ncccn2)c2cccnc21. The first-order valence-corrected chi connectivity index (χ1v) is 7.15. The summed E-state index contributed by atoms with van der Waals surface area (Å²) in [5, 5.41) is 5.40. The van der Waals surface area contributed by atoms with Crippen LogP contribution in [-0.4, -0.2) is 24.7 Å². The van der Waals surface area contributed by atoms with Crippen LogP contribution in [0.4, 0.5) is 4.39 Å². The zero-order valence-corrected chi connectivity index (χ0v) is 12.1. The van der Waals surface area contributed by atoms with Gasteiger partial charge in [0.05, 0.1) is 11.9 Å². The minimum atomic E-state index is -0.260. The van der Waals surface area contributed by atoms with Crippen molar-refractivity contribution in [3.8, 4) is 11.5 Å². The van der Waals surface area contributed by atoms with Crippen LogP contribution < -0.4 is 0 Å². The standard InChI is InChI=1S/C17H12FN5/c18-14-7-2-1-5-12(14)11-23-17-13(6-3-8-21-17)15(22-23)16-19-9-4-10-20-16/h1-10H,11H2. The fourth-order valence-electron chi connectivity index (χ4n) is 2.49. The van der Waals surface area contributed by atoms with Crippen molar-refractivity contribution in [1.82, 2.24) is 24.7 Å². The van der Waals surface area contributed by atoms with Crippen molar-refractivity contribution in [3.05, 3.63) is 72.4 Å². The van der Waals surface area contributed by atoms with E-state index in [1.54, 1.807) is 47.5 Å². The van der Waals surface area contributed by atoms with Crippen LogP contribution in [0.1, 0.15) is 5.56 Å². The fourth-order valence-corrected chi connectivity index (χ4v) is 2.49. The van der Waals surface area contributed by atoms with E-state index in [1.807, 2.05) is 12.1 Å². The number of pyridine rings is 1. The van der Waals surface area contributed by atoms with Gasteiger partial charge in [-0.1, -0.05) is 18.2 Å². The van der Waals surface area contributed by atoms with Crippen molar-refractivity contribution < 1.29 is 4.39 Å². The number of rotatable bonds is 3. The minimum Gasteiger partial charge on any atom is -0.242 e. The maximum absolute atomic E-state index is 13.9. The third-order valence-corrected chi connectivity index (χ3v) is 3.56. The van der Waals surface area contributed by atoms with Crippen molar-refractivity contribution in [2.75, 3.05) is 0 Å². The molecule has 0 amide bonds. The van der Waals surface area contributed by atoms with E-state index >= 15 is 0 Å². The van der Waals surface area contributed by atoms with Crippen LogP contribution in [0.15, 0.2) is 61.1 Å². The molecular weight excluding hydrogens is 293 g/mol. The van der Waals surface area contributed by atoms with E-state index < -0.39 is 0 Å². The molecular formula is C17H12FN5. The number of benzene rings is 1. The van der Waals surface area contributed by atoms with E-state index in [4.69, 9.17) is 0 Å². The Hall–Kier alpha value is -3.15. The maximum Gasteiger partial charge on any atom is 0.180 e. The summed E-state index contributed by atoms with van der Waals surface area (Å²) in [4.78, 5) is 12.9. The molecule has 3 heterocycles. The van der Waals surface area contributed by atoms with Gasteiger partial charge < -0.3 is 0 Å². The molecule has 3 aromatic heterocycles. The zero-order chi connectivity index (χ0) is 15.6. The lowest BCUT2D eigenvalue weighted by molar-refractivity contribution is 0.589. The van der Waals surface area contributed by atoms with Crippen molar-refractivity contribution in [1.29, 1.82) is 0 Å². The number of hydrogen-bond donors (Lipinski definition) is 0. The van der Waals surface area contributed by atoms with Gasteiger partial charge in [-0.3, -0.25) is 0 Å². The molecule has 0 fully saturated rings. The third-order valence-electron chi connectivity index (χ3n) is 3.56. The fraction of sp³-hybridized carbons (Fsp3) is 0.0588. The van der Waals surface area contributed by atoms with Crippen molar-refractivity contribution in [2.45, 2.75) is 6.54 Å². The molecule has 23 heavy (non-hydrogen) atoms. The maximum atomic E-state index is 13.9. The summed E-state index contributed by atoms with van der Waals surface area (Å²) in [5.74, 6) is 0.266. The second kappa shape index (κ2) is 5.57. The summed E-state index contributed by atoms with van der Waals surface area (Å²) in [6.45, 7) is 0.299. The molecule has 0 bridgehead atoms. The molecule has 6 heteroatoms. The van der Waals surface area contributed by atoms with E-state index in [0.717, 1.165) is 5.39 Å². The van der Waals surface area contributed by atoms with Crippen LogP contribution in [0.3, 0.4) is 0 Å². The molecule has 0 saturated carbocycles. The van der Waals surface area contributed by atoms with Crippen LogP contribution in [-0.2, 0) is 6.54 Å². The summed E-state index contributed by atoms with van der Waals surface area (Å²) in [7, 11) is 0. The second-order valence-electron chi connectivity index (χ2n) is 5.04. The number of fused-ring (bicyclic) bond motifs is 1. The van der Waals surface area contributed by atoms with Crippen molar-refractivity contribution >= 4 is 11.0 Å². The Kier molecular flexibility index (Phi) is 3.27. The highest BCUT2D eigenvalue weighted by Crippen LogP contribution is 2.24. The van der Waals surface area contributed by atoms with Gasteiger partial charge in [-0.25, -0.2) is 24.0 Å². The number of halogens is 1. The van der Waals surface area contributed by atoms with Gasteiger partial charge in [-0.15, -0.1) is 0 Å². The van der Waals surface area contributed by atoms with Gasteiger partial charge in [0.25, 0.3) is 0 Å². The Morgan fingerprint density at radius 3 is 2.48 bits per heavy atom. The van der Waals surface area contributed by atoms with E-state index in [-0.39, 0.29) is 5.82 Å². The lowest BCUT2D eigenvalue weighted by Gasteiger charge is -2.04. The van der Waals surface area contributed by atoms with Gasteiger partial charge in [0.15, 0.2) is 11.5 Å². The van der Waals surface area contributed by atoms with Gasteiger partial charge in [0, 0.05) is 24.2 Å². The van der Waals surface area contributed by atoms with Crippen molar-refractivity contribution in [2.24, 2.45) is 0 Å². The monoisotopic (exact) mass is 305 g/mol. The lowest BCUT2D eigenvalue weighted by atomic mass is 10.2. The third kappa shape index (κ3) is 2.44. The summed E-state index contributed by atoms with van der Waals surface area (Å²) < 4.78 is 15.6. The van der Waals surface area contributed by atoms with Gasteiger partial charge >= 0.3 is 0 Å². The van der Waals surface area contributed by atoms with E-state index in [2.05, 4.69) is 20.1 Å². The van der Waals surface area contributed by atoms with Crippen molar-refractivity contribution in [3.63, 3.8) is 0 Å². The quantitative estimate of drug-likeness (QED) is 0.583. The Morgan fingerprint density at radius 1 is 0.870 bits per heavy atom. The predicted molar refractivity (Wildman–Crippen MR) is 84.1 cm³/mol. The van der Waals surface area contributed by atoms with Crippen LogP contribution >= 0.6 is 0 Å². The summed E-state index contributed by atoms with van der Waals surface area (Å²) in [5.41, 5.74) is 1.88. The normalized spacial score (nSPS) is 11.0. The smallest absolute Gasteiger partial charge is 0.180 e. The molecule has 0 aliphatic heterocycles. The van der Waals surface area contributed by atoms with Gasteiger partial charge in [0.2, 0.25) is 0 Å². The highest BCUT2D eigenvalue weighted by atomic mass is 19.1. The van der Waals surface area contributed by atoms with Gasteiger partial charge in [0.1, 0.15) is 11.5 Å². The molecule has 0 aliphatic carbocycles. The summed E-state index contributed by atoms with van der Waals surface area (Å²) in [6.07, 6.45) is 5.03. The molecule has 0 spiro atoms. The second-order valence-corrected chi connectivity index (χ2v) is 5.04. The molecule has 4 aromatic rings. The minimum absolute atomic E-state index is 0.260. The Balaban J connectivity index is 1.87. The largest absolute Gasteiger partial charge is 0.242 e. The molecule has 0 unspecified atom stereocenters. The number of aromatic nitrogens is 5. The van der Waals surface area contributed by atoms with Gasteiger partial charge in [-0.05, 0) is 24.3 Å². The molecule has 0 N–H and O–H groups in total. The number of nitrogens with zero attached hydrogens (tertiary/aromatic N) is 5. The molecule has 4 rings (SSSR count). The van der Waals surface area contributed by atoms with Gasteiger partial charge in [-0.2, -0.15) is 5.10 Å². The molecule has 0 saturated heterocycles. The van der Waals surface area contributed by atoms with E-state index in [1.165, 1.54) is 6.07 Å². The highest BCUT2D eigenvalue weighted by Gasteiger charge is 2.15. The van der Waals surface area contributed by atoms with Crippen LogP contribution in [0.5, 0.6) is 0 Å². The van der Waals surface area contributed by atoms with E-state index in [0.29, 0.717) is 29.3 Å². The summed E-state index contributed by atoms with van der Waals surface area (Å²) >= 11 is 0. The average molecular weight is 305 g/mol. The lowest BCUT2D eigenvalue weighted by Crippen LogP contribution is -2.04. The summed E-state index contributed by atoms with van der Waals surface area (Å²) in [6, 6.07) is 12.2. The topological polar surface area (TPSA) is 56.5 Å². The molecule has 5 nitrogen and oxygen atoms in total. The molecule has 0 aliphatic rings. The Bertz CT molecular complexity index is 965. The first-order valence-electron chi connectivity index (χ1n) is 7.15. The number of hydrogen-bond acceptors (Lipinski definition) is 4. The van der Waals surface area contributed by atoms with Crippen LogP contribution in [0.25, 0.3) is 22.6 Å².